The Labute approximate surface area is 163 Å². The molecule has 1 N–H and O–H groups in total. The van der Waals surface area contributed by atoms with E-state index in [0.29, 0.717) is 18.0 Å². The molecule has 0 aliphatic carbocycles. The first-order chi connectivity index (χ1) is 13.1. The zero-order valence-corrected chi connectivity index (χ0v) is 16.7. The molecule has 0 unspecified atom stereocenters. The van der Waals surface area contributed by atoms with Crippen molar-refractivity contribution < 1.29 is 8.42 Å². The lowest BCUT2D eigenvalue weighted by molar-refractivity contribution is 0.477. The minimum absolute atomic E-state index is 0.340. The van der Waals surface area contributed by atoms with E-state index >= 15 is 0 Å². The second-order valence-corrected chi connectivity index (χ2v) is 9.34. The van der Waals surface area contributed by atoms with E-state index in [2.05, 4.69) is 22.4 Å². The Hall–Kier alpha value is -2.09. The molecule has 1 saturated heterocycles. The van der Waals surface area contributed by atoms with Crippen LogP contribution in [0.3, 0.4) is 0 Å². The summed E-state index contributed by atoms with van der Waals surface area (Å²) in [5.41, 5.74) is 1.74. The highest BCUT2D eigenvalue weighted by molar-refractivity contribution is 7.98. The van der Waals surface area contributed by atoms with Gasteiger partial charge in [0.2, 0.25) is 10.0 Å². The number of hydrogen-bond acceptors (Lipinski definition) is 5. The van der Waals surface area contributed by atoms with Gasteiger partial charge in [0.05, 0.1) is 10.4 Å². The Morgan fingerprint density at radius 2 is 1.85 bits per heavy atom. The predicted octanol–water partition coefficient (Wildman–Crippen LogP) is 4.48. The van der Waals surface area contributed by atoms with Crippen molar-refractivity contribution in [3.8, 4) is 0 Å². The van der Waals surface area contributed by atoms with Crippen LogP contribution in [0.5, 0.6) is 0 Å². The van der Waals surface area contributed by atoms with Gasteiger partial charge < -0.3 is 5.32 Å². The van der Waals surface area contributed by atoms with Gasteiger partial charge in [-0.05, 0) is 67.6 Å². The molecule has 1 aliphatic heterocycles. The lowest BCUT2D eigenvalue weighted by Gasteiger charge is -2.16. The van der Waals surface area contributed by atoms with E-state index in [1.807, 2.05) is 30.5 Å². The van der Waals surface area contributed by atoms with Crippen molar-refractivity contribution in [3.05, 3.63) is 54.6 Å². The van der Waals surface area contributed by atoms with E-state index in [4.69, 9.17) is 0 Å². The smallest absolute Gasteiger partial charge is 0.243 e. The van der Waals surface area contributed by atoms with Crippen LogP contribution >= 0.6 is 11.8 Å². The summed E-state index contributed by atoms with van der Waals surface area (Å²) in [5, 5.41) is 4.13. The molecule has 3 aromatic rings. The fraction of sp³-hybridized carbons (Fsp3) is 0.250. The monoisotopic (exact) mass is 399 g/mol. The highest BCUT2D eigenvalue weighted by Crippen LogP contribution is 2.26. The topological polar surface area (TPSA) is 62.3 Å². The third-order valence-corrected chi connectivity index (χ3v) is 7.33. The van der Waals surface area contributed by atoms with Crippen LogP contribution in [-0.2, 0) is 10.0 Å². The van der Waals surface area contributed by atoms with Crippen LogP contribution in [0.2, 0.25) is 0 Å². The highest BCUT2D eigenvalue weighted by Gasteiger charge is 2.27. The number of fused-ring (bicyclic) bond motifs is 1. The molecule has 0 bridgehead atoms. The first-order valence-electron chi connectivity index (χ1n) is 8.88. The molecule has 2 aromatic carbocycles. The van der Waals surface area contributed by atoms with Crippen LogP contribution in [-0.4, -0.2) is 37.1 Å². The number of sulfonamides is 1. The third-order valence-electron chi connectivity index (χ3n) is 4.71. The van der Waals surface area contributed by atoms with E-state index in [1.165, 1.54) is 4.90 Å². The van der Waals surface area contributed by atoms with Crippen molar-refractivity contribution in [1.29, 1.82) is 0 Å². The number of anilines is 2. The van der Waals surface area contributed by atoms with Crippen LogP contribution < -0.4 is 5.32 Å². The fourth-order valence-corrected chi connectivity index (χ4v) is 5.27. The molecule has 0 atom stereocenters. The summed E-state index contributed by atoms with van der Waals surface area (Å²) in [6, 6.07) is 17.1. The molecular formula is C20H21N3O2S2. The van der Waals surface area contributed by atoms with E-state index in [0.717, 1.165) is 35.2 Å². The van der Waals surface area contributed by atoms with Gasteiger partial charge in [-0.25, -0.2) is 13.4 Å². The van der Waals surface area contributed by atoms with Gasteiger partial charge in [-0.3, -0.25) is 0 Å². The maximum Gasteiger partial charge on any atom is 0.243 e. The molecule has 27 heavy (non-hydrogen) atoms. The summed E-state index contributed by atoms with van der Waals surface area (Å²) in [6.07, 6.45) is 3.91. The average Bonchev–Trinajstić information content (AvgIpc) is 3.23. The molecule has 0 radical (unpaired) electrons. The van der Waals surface area contributed by atoms with Gasteiger partial charge in [0.1, 0.15) is 5.82 Å². The minimum atomic E-state index is -3.41. The van der Waals surface area contributed by atoms with E-state index < -0.39 is 10.0 Å². The van der Waals surface area contributed by atoms with Crippen molar-refractivity contribution in [2.45, 2.75) is 22.6 Å². The molecular weight excluding hydrogens is 378 g/mol. The van der Waals surface area contributed by atoms with Crippen LogP contribution in [0, 0.1) is 0 Å². The zero-order valence-electron chi connectivity index (χ0n) is 15.1. The summed E-state index contributed by atoms with van der Waals surface area (Å²) >= 11 is 1.69. The number of nitrogens with one attached hydrogen (secondary N) is 1. The SMILES string of the molecule is CSc1cccc(Nc2ccc3cc(S(=O)(=O)N4CCCC4)ccc3n2)c1. The van der Waals surface area contributed by atoms with Crippen LogP contribution in [0.15, 0.2) is 64.4 Å². The maximum atomic E-state index is 12.7. The van der Waals surface area contributed by atoms with Crippen molar-refractivity contribution in [2.75, 3.05) is 24.7 Å². The van der Waals surface area contributed by atoms with Gasteiger partial charge in [0.15, 0.2) is 0 Å². The molecule has 0 saturated carbocycles. The van der Waals surface area contributed by atoms with Crippen molar-refractivity contribution in [2.24, 2.45) is 0 Å². The number of benzene rings is 2. The van der Waals surface area contributed by atoms with Crippen molar-refractivity contribution in [3.63, 3.8) is 0 Å². The number of nitrogens with zero attached hydrogens (tertiary/aromatic N) is 2. The first kappa shape index (κ1) is 18.3. The van der Waals surface area contributed by atoms with Crippen molar-refractivity contribution >= 4 is 44.2 Å². The first-order valence-corrected chi connectivity index (χ1v) is 11.5. The van der Waals surface area contributed by atoms with Gasteiger partial charge in [0.25, 0.3) is 0 Å². The van der Waals surface area contributed by atoms with Crippen molar-refractivity contribution in [1.82, 2.24) is 9.29 Å². The Morgan fingerprint density at radius 3 is 2.63 bits per heavy atom. The summed E-state index contributed by atoms with van der Waals surface area (Å²) in [5.74, 6) is 0.732. The highest BCUT2D eigenvalue weighted by atomic mass is 32.2. The predicted molar refractivity (Wildman–Crippen MR) is 111 cm³/mol. The quantitative estimate of drug-likeness (QED) is 0.641. The van der Waals surface area contributed by atoms with E-state index in [9.17, 15) is 8.42 Å². The number of hydrogen-bond donors (Lipinski definition) is 1. The minimum Gasteiger partial charge on any atom is -0.340 e. The second-order valence-electron chi connectivity index (χ2n) is 6.52. The number of aromatic nitrogens is 1. The molecule has 7 heteroatoms. The lowest BCUT2D eigenvalue weighted by Crippen LogP contribution is -2.27. The van der Waals surface area contributed by atoms with Gasteiger partial charge in [-0.2, -0.15) is 4.31 Å². The van der Waals surface area contributed by atoms with Gasteiger partial charge in [0, 0.05) is 29.1 Å². The van der Waals surface area contributed by atoms with Gasteiger partial charge in [-0.1, -0.05) is 6.07 Å². The average molecular weight is 400 g/mol. The Balaban J connectivity index is 1.62. The maximum absolute atomic E-state index is 12.7. The Kier molecular flexibility index (Phi) is 5.08. The molecule has 4 rings (SSSR count). The molecule has 140 valence electrons. The summed E-state index contributed by atoms with van der Waals surface area (Å²) < 4.78 is 27.0. The summed E-state index contributed by atoms with van der Waals surface area (Å²) in [7, 11) is -3.41. The molecule has 2 heterocycles. The van der Waals surface area contributed by atoms with E-state index in [1.54, 1.807) is 34.3 Å². The van der Waals surface area contributed by atoms with Crippen LogP contribution in [0.4, 0.5) is 11.5 Å². The molecule has 0 amide bonds. The molecule has 1 aromatic heterocycles. The number of thioether (sulfide) groups is 1. The fourth-order valence-electron chi connectivity index (χ4n) is 3.26. The second kappa shape index (κ2) is 7.50. The normalized spacial score (nSPS) is 15.3. The molecule has 0 spiro atoms. The Bertz CT molecular complexity index is 1080. The van der Waals surface area contributed by atoms with Crippen LogP contribution in [0.25, 0.3) is 10.9 Å². The largest absolute Gasteiger partial charge is 0.340 e. The molecule has 1 aliphatic rings. The zero-order chi connectivity index (χ0) is 18.9. The summed E-state index contributed by atoms with van der Waals surface area (Å²) in [6.45, 7) is 1.22. The third kappa shape index (κ3) is 3.81. The molecule has 1 fully saturated rings. The number of rotatable bonds is 5. The standard InChI is InChI=1S/C20H21N3O2S2/c1-26-17-6-4-5-16(14-17)21-20-10-7-15-13-18(8-9-19(15)22-20)27(24,25)23-11-2-3-12-23/h4-10,13-14H,2-3,11-12H2,1H3,(H,21,22). The van der Waals surface area contributed by atoms with Gasteiger partial charge >= 0.3 is 0 Å². The summed E-state index contributed by atoms with van der Waals surface area (Å²) in [4.78, 5) is 6.14. The van der Waals surface area contributed by atoms with Crippen LogP contribution in [0.1, 0.15) is 12.8 Å². The number of pyridine rings is 1. The molecule has 5 nitrogen and oxygen atoms in total. The van der Waals surface area contributed by atoms with Gasteiger partial charge in [-0.15, -0.1) is 11.8 Å². The lowest BCUT2D eigenvalue weighted by atomic mass is 10.2. The van der Waals surface area contributed by atoms with E-state index in [-0.39, 0.29) is 0 Å². The Morgan fingerprint density at radius 1 is 1.04 bits per heavy atom.